The maximum Gasteiger partial charge on any atom is 0.265 e. The van der Waals surface area contributed by atoms with Gasteiger partial charge in [0.1, 0.15) is 4.90 Å². The average molecular weight is 433 g/mol. The van der Waals surface area contributed by atoms with Crippen LogP contribution in [0.5, 0.6) is 0 Å². The van der Waals surface area contributed by atoms with Gasteiger partial charge in [-0.1, -0.05) is 53.9 Å². The highest BCUT2D eigenvalue weighted by molar-refractivity contribution is 7.90. The Morgan fingerprint density at radius 2 is 1.88 bits per heavy atom. The molecule has 2 aromatic carbocycles. The number of sulfonamides is 1. The van der Waals surface area contributed by atoms with Crippen LogP contribution in [0.1, 0.15) is 30.9 Å². The summed E-state index contributed by atoms with van der Waals surface area (Å²) >= 11 is 18.1. The molecular formula is C18H16Cl3NO3S. The fourth-order valence-corrected chi connectivity index (χ4v) is 5.54. The number of fused-ring (bicyclic) bond motifs is 1. The second-order valence-electron chi connectivity index (χ2n) is 6.21. The summed E-state index contributed by atoms with van der Waals surface area (Å²) in [4.78, 5) is 12.8. The number of halogens is 3. The summed E-state index contributed by atoms with van der Waals surface area (Å²) in [6, 6.07) is 9.45. The van der Waals surface area contributed by atoms with Crippen LogP contribution in [0, 0.1) is 0 Å². The van der Waals surface area contributed by atoms with E-state index in [4.69, 9.17) is 34.8 Å². The van der Waals surface area contributed by atoms with Gasteiger partial charge in [-0.2, -0.15) is 0 Å². The van der Waals surface area contributed by atoms with E-state index in [1.165, 1.54) is 18.2 Å². The van der Waals surface area contributed by atoms with Gasteiger partial charge in [0.25, 0.3) is 10.0 Å². The number of rotatable bonds is 4. The third-order valence-electron chi connectivity index (χ3n) is 4.88. The first-order chi connectivity index (χ1) is 12.2. The van der Waals surface area contributed by atoms with Gasteiger partial charge in [0.15, 0.2) is 0 Å². The van der Waals surface area contributed by atoms with Crippen molar-refractivity contribution in [2.75, 3.05) is 0 Å². The number of carbonyl (C=O) groups is 1. The summed E-state index contributed by atoms with van der Waals surface area (Å²) in [5.74, 6) is -0.586. The van der Waals surface area contributed by atoms with Gasteiger partial charge in [0.05, 0.1) is 10.4 Å². The summed E-state index contributed by atoms with van der Waals surface area (Å²) in [5.41, 5.74) is 0.722. The number of hydrogen-bond donors (Lipinski definition) is 1. The third-order valence-corrected chi connectivity index (χ3v) is 7.29. The van der Waals surface area contributed by atoms with Gasteiger partial charge < -0.3 is 0 Å². The van der Waals surface area contributed by atoms with E-state index < -0.39 is 21.3 Å². The van der Waals surface area contributed by atoms with Gasteiger partial charge in [-0.15, -0.1) is 0 Å². The lowest BCUT2D eigenvalue weighted by atomic mass is 9.79. The Hall–Kier alpha value is -1.27. The molecule has 3 rings (SSSR count). The lowest BCUT2D eigenvalue weighted by Gasteiger charge is -2.27. The van der Waals surface area contributed by atoms with E-state index in [0.29, 0.717) is 24.3 Å². The first kappa shape index (κ1) is 19.5. The van der Waals surface area contributed by atoms with Gasteiger partial charge >= 0.3 is 0 Å². The molecule has 1 N–H and O–H groups in total. The van der Waals surface area contributed by atoms with E-state index in [0.717, 1.165) is 11.1 Å². The predicted molar refractivity (Wildman–Crippen MR) is 104 cm³/mol. The lowest BCUT2D eigenvalue weighted by Crippen LogP contribution is -2.45. The van der Waals surface area contributed by atoms with Crippen LogP contribution < -0.4 is 4.72 Å². The quantitative estimate of drug-likeness (QED) is 0.758. The van der Waals surface area contributed by atoms with Crippen LogP contribution in [0.4, 0.5) is 0 Å². The summed E-state index contributed by atoms with van der Waals surface area (Å²) in [6.45, 7) is 1.86. The standard InChI is InChI=1S/C18H16Cl3NO3S/c1-2-18(9-8-12-13(18)4-3-5-14(12)20)17(23)22-26(24,25)16-10-11(19)6-7-15(16)21/h3-7,10H,2,8-9H2,1H3,(H,22,23). The minimum absolute atomic E-state index is 0.00452. The zero-order valence-electron chi connectivity index (χ0n) is 13.9. The fourth-order valence-electron chi connectivity index (χ4n) is 3.46. The molecule has 1 aliphatic rings. The molecule has 0 aliphatic heterocycles. The van der Waals surface area contributed by atoms with E-state index in [2.05, 4.69) is 4.72 Å². The normalized spacial score (nSPS) is 19.2. The molecule has 0 bridgehead atoms. The Kier molecular flexibility index (Phi) is 5.28. The lowest BCUT2D eigenvalue weighted by molar-refractivity contribution is -0.125. The first-order valence-electron chi connectivity index (χ1n) is 8.01. The number of carbonyl (C=O) groups excluding carboxylic acids is 1. The zero-order valence-corrected chi connectivity index (χ0v) is 16.9. The van der Waals surface area contributed by atoms with Crippen molar-refractivity contribution in [3.8, 4) is 0 Å². The number of nitrogens with one attached hydrogen (secondary N) is 1. The van der Waals surface area contributed by atoms with Crippen LogP contribution in [0.15, 0.2) is 41.3 Å². The fraction of sp³-hybridized carbons (Fsp3) is 0.278. The van der Waals surface area contributed by atoms with Crippen molar-refractivity contribution in [1.29, 1.82) is 0 Å². The number of amides is 1. The highest BCUT2D eigenvalue weighted by Gasteiger charge is 2.45. The van der Waals surface area contributed by atoms with Crippen molar-refractivity contribution in [2.24, 2.45) is 0 Å². The van der Waals surface area contributed by atoms with Crippen LogP contribution in [0.2, 0.25) is 15.1 Å². The van der Waals surface area contributed by atoms with Gasteiger partial charge in [-0.05, 0) is 54.7 Å². The molecule has 1 atom stereocenters. The number of benzene rings is 2. The van der Waals surface area contributed by atoms with E-state index in [1.807, 2.05) is 13.0 Å². The molecule has 4 nitrogen and oxygen atoms in total. The molecule has 0 heterocycles. The highest BCUT2D eigenvalue weighted by Crippen LogP contribution is 2.44. The Morgan fingerprint density at radius 1 is 1.15 bits per heavy atom. The van der Waals surface area contributed by atoms with Gasteiger partial charge in [0.2, 0.25) is 5.91 Å². The van der Waals surface area contributed by atoms with Crippen molar-refractivity contribution >= 4 is 50.7 Å². The van der Waals surface area contributed by atoms with Crippen LogP contribution in [0.25, 0.3) is 0 Å². The maximum atomic E-state index is 13.0. The molecule has 0 saturated heterocycles. The third kappa shape index (κ3) is 3.22. The Morgan fingerprint density at radius 3 is 2.58 bits per heavy atom. The average Bonchev–Trinajstić information content (AvgIpc) is 2.98. The van der Waals surface area contributed by atoms with E-state index in [9.17, 15) is 13.2 Å². The molecule has 0 radical (unpaired) electrons. The van der Waals surface area contributed by atoms with Crippen molar-refractivity contribution < 1.29 is 13.2 Å². The molecular weight excluding hydrogens is 417 g/mol. The minimum Gasteiger partial charge on any atom is -0.273 e. The van der Waals surface area contributed by atoms with E-state index in [1.54, 1.807) is 12.1 Å². The SMILES string of the molecule is CCC1(C(=O)NS(=O)(=O)c2cc(Cl)ccc2Cl)CCc2c(Cl)cccc21. The van der Waals surface area contributed by atoms with Crippen LogP contribution in [0.3, 0.4) is 0 Å². The second kappa shape index (κ2) is 7.04. The van der Waals surface area contributed by atoms with Gasteiger partial charge in [0, 0.05) is 10.0 Å². The molecule has 1 unspecified atom stereocenters. The smallest absolute Gasteiger partial charge is 0.265 e. The highest BCUT2D eigenvalue weighted by atomic mass is 35.5. The number of hydrogen-bond acceptors (Lipinski definition) is 3. The van der Waals surface area contributed by atoms with Crippen molar-refractivity contribution in [1.82, 2.24) is 4.72 Å². The summed E-state index contributed by atoms with van der Waals surface area (Å²) < 4.78 is 27.6. The summed E-state index contributed by atoms with van der Waals surface area (Å²) in [6.07, 6.45) is 1.56. The summed E-state index contributed by atoms with van der Waals surface area (Å²) in [5, 5.41) is 0.798. The Bertz CT molecular complexity index is 991. The molecule has 0 aromatic heterocycles. The second-order valence-corrected chi connectivity index (χ2v) is 9.11. The van der Waals surface area contributed by atoms with Crippen molar-refractivity contribution in [3.05, 3.63) is 62.6 Å². The topological polar surface area (TPSA) is 63.2 Å². The molecule has 0 saturated carbocycles. The minimum atomic E-state index is -4.16. The first-order valence-corrected chi connectivity index (χ1v) is 10.6. The summed E-state index contributed by atoms with van der Waals surface area (Å²) in [7, 11) is -4.16. The van der Waals surface area contributed by atoms with Gasteiger partial charge in [-0.3, -0.25) is 4.79 Å². The molecule has 2 aromatic rings. The Balaban J connectivity index is 2.00. The molecule has 8 heteroatoms. The molecule has 1 amide bonds. The molecule has 138 valence electrons. The monoisotopic (exact) mass is 431 g/mol. The molecule has 26 heavy (non-hydrogen) atoms. The van der Waals surface area contributed by atoms with Crippen molar-refractivity contribution in [3.63, 3.8) is 0 Å². The van der Waals surface area contributed by atoms with Crippen LogP contribution in [-0.4, -0.2) is 14.3 Å². The van der Waals surface area contributed by atoms with Crippen molar-refractivity contribution in [2.45, 2.75) is 36.5 Å². The maximum absolute atomic E-state index is 13.0. The molecule has 0 spiro atoms. The molecule has 1 aliphatic carbocycles. The van der Waals surface area contributed by atoms with E-state index in [-0.39, 0.29) is 14.9 Å². The molecule has 0 fully saturated rings. The largest absolute Gasteiger partial charge is 0.273 e. The Labute approximate surface area is 167 Å². The van der Waals surface area contributed by atoms with Gasteiger partial charge in [-0.25, -0.2) is 13.1 Å². The van der Waals surface area contributed by atoms with Crippen LogP contribution >= 0.6 is 34.8 Å². The predicted octanol–water partition coefficient (Wildman–Crippen LogP) is 4.75. The van der Waals surface area contributed by atoms with Crippen LogP contribution in [-0.2, 0) is 26.7 Å². The zero-order chi connectivity index (χ0) is 19.1. The van der Waals surface area contributed by atoms with E-state index >= 15 is 0 Å².